The van der Waals surface area contributed by atoms with Gasteiger partial charge in [0.15, 0.2) is 22.9 Å². The molecule has 0 spiro atoms. The van der Waals surface area contributed by atoms with Crippen LogP contribution in [0.15, 0.2) is 47.9 Å². The molecule has 5 atom stereocenters. The molecule has 0 aliphatic carbocycles. The van der Waals surface area contributed by atoms with E-state index in [4.69, 9.17) is 35.4 Å². The van der Waals surface area contributed by atoms with E-state index in [1.54, 1.807) is 38.9 Å². The van der Waals surface area contributed by atoms with Gasteiger partial charge in [0, 0.05) is 26.4 Å². The van der Waals surface area contributed by atoms with Crippen LogP contribution in [0, 0.1) is 0 Å². The Morgan fingerprint density at radius 2 is 1.83 bits per heavy atom. The van der Waals surface area contributed by atoms with E-state index in [1.165, 1.54) is 4.68 Å². The second kappa shape index (κ2) is 11.6. The van der Waals surface area contributed by atoms with E-state index >= 15 is 0 Å². The maximum atomic E-state index is 5.93. The molecule has 0 saturated carbocycles. The first-order valence-corrected chi connectivity index (χ1v) is 11.5. The molecule has 2 aromatic heterocycles. The van der Waals surface area contributed by atoms with Crippen LogP contribution in [-0.4, -0.2) is 82.7 Å². The van der Waals surface area contributed by atoms with E-state index in [9.17, 15) is 0 Å². The van der Waals surface area contributed by atoms with Gasteiger partial charge in [-0.2, -0.15) is 0 Å². The monoisotopic (exact) mass is 502 g/mol. The van der Waals surface area contributed by atoms with Crippen LogP contribution in [0.1, 0.15) is 19.4 Å². The lowest BCUT2D eigenvalue weighted by Gasteiger charge is -2.42. The van der Waals surface area contributed by atoms with Crippen molar-refractivity contribution in [2.75, 3.05) is 20.8 Å². The number of rotatable bonds is 9. The number of ether oxygens (including phenoxy) is 4. The summed E-state index contributed by atoms with van der Waals surface area (Å²) in [7, 11) is 3.20. The maximum Gasteiger partial charge on any atom is 0.256 e. The fourth-order valence-electron chi connectivity index (χ4n) is 3.82. The molecule has 0 N–H and O–H groups in total. The largest absolute Gasteiger partial charge is 0.376 e. The molecule has 0 amide bonds. The van der Waals surface area contributed by atoms with Gasteiger partial charge in [0.05, 0.1) is 12.3 Å². The standard InChI is InChI=1S/C23H27ClN6O5/c1-5-33-20-19(31-3)14(2)34-23(21(20)32-4)35-26-12-15-6-8-16(9-7-15)22-25-13-30(29-22)18-11-10-17(24)27-28-18/h6-14,19-21,23H,5H2,1-4H3/b26-12+/t14-,19-,20+,21+,23-/m0/s1. The third-order valence-electron chi connectivity index (χ3n) is 5.51. The van der Waals surface area contributed by atoms with Crippen molar-refractivity contribution in [3.05, 3.63) is 53.4 Å². The van der Waals surface area contributed by atoms with Crippen molar-refractivity contribution in [3.8, 4) is 17.2 Å². The predicted octanol–water partition coefficient (Wildman–Crippen LogP) is 2.91. The first kappa shape index (κ1) is 25.1. The summed E-state index contributed by atoms with van der Waals surface area (Å²) >= 11 is 5.78. The first-order chi connectivity index (χ1) is 17.0. The molecule has 11 nitrogen and oxygen atoms in total. The van der Waals surface area contributed by atoms with Gasteiger partial charge in [0.1, 0.15) is 18.5 Å². The summed E-state index contributed by atoms with van der Waals surface area (Å²) in [5.74, 6) is 1.06. The molecule has 3 heterocycles. The third kappa shape index (κ3) is 5.82. The minimum absolute atomic E-state index is 0.256. The van der Waals surface area contributed by atoms with E-state index < -0.39 is 12.4 Å². The van der Waals surface area contributed by atoms with Crippen LogP contribution in [0.25, 0.3) is 17.2 Å². The summed E-state index contributed by atoms with van der Waals surface area (Å²) in [6.45, 7) is 4.34. The van der Waals surface area contributed by atoms with Gasteiger partial charge in [0.25, 0.3) is 6.29 Å². The number of halogens is 1. The van der Waals surface area contributed by atoms with Gasteiger partial charge in [-0.1, -0.05) is 41.0 Å². The van der Waals surface area contributed by atoms with Crippen LogP contribution < -0.4 is 0 Å². The van der Waals surface area contributed by atoms with Crippen LogP contribution in [0.2, 0.25) is 5.15 Å². The van der Waals surface area contributed by atoms with Crippen LogP contribution >= 0.6 is 11.6 Å². The molecule has 3 aromatic rings. The molecule has 0 unspecified atom stereocenters. The Morgan fingerprint density at radius 1 is 1.06 bits per heavy atom. The topological polar surface area (TPSA) is 115 Å². The van der Waals surface area contributed by atoms with Gasteiger partial charge in [-0.05, 0) is 31.5 Å². The van der Waals surface area contributed by atoms with Gasteiger partial charge in [-0.25, -0.2) is 9.67 Å². The Morgan fingerprint density at radius 3 is 2.49 bits per heavy atom. The van der Waals surface area contributed by atoms with Gasteiger partial charge < -0.3 is 23.8 Å². The summed E-state index contributed by atoms with van der Waals surface area (Å²) in [5, 5.41) is 16.7. The number of hydrogen-bond donors (Lipinski definition) is 0. The molecule has 4 rings (SSSR count). The van der Waals surface area contributed by atoms with Crippen LogP contribution in [0.5, 0.6) is 0 Å². The van der Waals surface area contributed by atoms with Crippen molar-refractivity contribution in [3.63, 3.8) is 0 Å². The maximum absolute atomic E-state index is 5.93. The number of hydrogen-bond acceptors (Lipinski definition) is 10. The summed E-state index contributed by atoms with van der Waals surface area (Å²) < 4.78 is 24.5. The fraction of sp³-hybridized carbons (Fsp3) is 0.435. The number of oxime groups is 1. The zero-order valence-corrected chi connectivity index (χ0v) is 20.6. The molecular formula is C23H27ClN6O5. The van der Waals surface area contributed by atoms with Crippen LogP contribution in [0.3, 0.4) is 0 Å². The van der Waals surface area contributed by atoms with Crippen molar-refractivity contribution >= 4 is 17.8 Å². The quantitative estimate of drug-likeness (QED) is 0.321. The summed E-state index contributed by atoms with van der Waals surface area (Å²) in [4.78, 5) is 9.98. The highest BCUT2D eigenvalue weighted by Gasteiger charge is 2.47. The Hall–Kier alpha value is -2.96. The lowest BCUT2D eigenvalue weighted by molar-refractivity contribution is -0.308. The van der Waals surface area contributed by atoms with Crippen molar-refractivity contribution in [1.29, 1.82) is 0 Å². The SMILES string of the molecule is CCO[C@@H]1[C@@H](OC)[C@H](C)O[C@@H](O/N=C/c2ccc(-c3ncn(-c4ccc(Cl)nn4)n3)cc2)[C@@H]1OC. The van der Waals surface area contributed by atoms with Crippen molar-refractivity contribution in [1.82, 2.24) is 25.0 Å². The molecule has 1 saturated heterocycles. The minimum atomic E-state index is -0.738. The normalized spacial score (nSPS) is 24.7. The Labute approximate surface area is 208 Å². The van der Waals surface area contributed by atoms with E-state index in [1.807, 2.05) is 38.1 Å². The predicted molar refractivity (Wildman–Crippen MR) is 127 cm³/mol. The zero-order valence-electron chi connectivity index (χ0n) is 19.8. The van der Waals surface area contributed by atoms with Crippen LogP contribution in [-0.2, 0) is 23.8 Å². The first-order valence-electron chi connectivity index (χ1n) is 11.1. The lowest BCUT2D eigenvalue weighted by atomic mass is 9.99. The highest BCUT2D eigenvalue weighted by Crippen LogP contribution is 2.28. The number of nitrogens with zero attached hydrogens (tertiary/aromatic N) is 6. The number of aromatic nitrogens is 5. The molecule has 0 bridgehead atoms. The average Bonchev–Trinajstić information content (AvgIpc) is 3.36. The molecule has 1 aliphatic rings. The average molecular weight is 503 g/mol. The molecule has 186 valence electrons. The number of benzene rings is 1. The van der Waals surface area contributed by atoms with E-state index in [0.29, 0.717) is 23.4 Å². The fourth-order valence-corrected chi connectivity index (χ4v) is 3.92. The second-order valence-electron chi connectivity index (χ2n) is 7.72. The summed E-state index contributed by atoms with van der Waals surface area (Å²) in [6, 6.07) is 10.9. The minimum Gasteiger partial charge on any atom is -0.376 e. The van der Waals surface area contributed by atoms with E-state index in [-0.39, 0.29) is 18.3 Å². The smallest absolute Gasteiger partial charge is 0.256 e. The molecule has 1 aliphatic heterocycles. The van der Waals surface area contributed by atoms with Gasteiger partial charge in [-0.3, -0.25) is 0 Å². The molecule has 1 aromatic carbocycles. The molecule has 35 heavy (non-hydrogen) atoms. The Kier molecular flexibility index (Phi) is 8.37. The summed E-state index contributed by atoms with van der Waals surface area (Å²) in [6.07, 6.45) is 1.05. The lowest BCUT2D eigenvalue weighted by Crippen LogP contribution is -2.59. The number of methoxy groups -OCH3 is 2. The molecule has 0 radical (unpaired) electrons. The van der Waals surface area contributed by atoms with Crippen molar-refractivity contribution in [2.24, 2.45) is 5.16 Å². The second-order valence-corrected chi connectivity index (χ2v) is 8.11. The van der Waals surface area contributed by atoms with E-state index in [2.05, 4.69) is 25.4 Å². The third-order valence-corrected chi connectivity index (χ3v) is 5.71. The van der Waals surface area contributed by atoms with Gasteiger partial charge in [-0.15, -0.1) is 15.3 Å². The van der Waals surface area contributed by atoms with Crippen molar-refractivity contribution < 1.29 is 23.8 Å². The van der Waals surface area contributed by atoms with Crippen molar-refractivity contribution in [2.45, 2.75) is 44.6 Å². The highest BCUT2D eigenvalue weighted by molar-refractivity contribution is 6.29. The van der Waals surface area contributed by atoms with Gasteiger partial charge in [0.2, 0.25) is 0 Å². The Bertz CT molecular complexity index is 1110. The zero-order chi connectivity index (χ0) is 24.8. The van der Waals surface area contributed by atoms with Crippen LogP contribution in [0.4, 0.5) is 0 Å². The summed E-state index contributed by atoms with van der Waals surface area (Å²) in [5.41, 5.74) is 1.66. The molecule has 1 fully saturated rings. The van der Waals surface area contributed by atoms with E-state index in [0.717, 1.165) is 11.1 Å². The molecule has 12 heteroatoms. The van der Waals surface area contributed by atoms with Gasteiger partial charge >= 0.3 is 0 Å². The highest BCUT2D eigenvalue weighted by atomic mass is 35.5. The Balaban J connectivity index is 1.40. The molecular weight excluding hydrogens is 476 g/mol.